The van der Waals surface area contributed by atoms with E-state index in [1.807, 2.05) is 24.3 Å². The van der Waals surface area contributed by atoms with Crippen LogP contribution in [-0.2, 0) is 4.79 Å². The first kappa shape index (κ1) is 14.4. The molecule has 0 bridgehead atoms. The van der Waals surface area contributed by atoms with Gasteiger partial charge in [0.25, 0.3) is 0 Å². The lowest BCUT2D eigenvalue weighted by atomic mass is 9.99. The number of ether oxygens (including phenoxy) is 1. The van der Waals surface area contributed by atoms with Crippen molar-refractivity contribution in [2.75, 3.05) is 18.4 Å². The van der Waals surface area contributed by atoms with Gasteiger partial charge in [-0.2, -0.15) is 0 Å². The number of anilines is 1. The van der Waals surface area contributed by atoms with Gasteiger partial charge in [-0.3, -0.25) is 4.79 Å². The van der Waals surface area contributed by atoms with Gasteiger partial charge in [-0.25, -0.2) is 0 Å². The quantitative estimate of drug-likeness (QED) is 0.895. The van der Waals surface area contributed by atoms with Crippen LogP contribution >= 0.6 is 0 Å². The van der Waals surface area contributed by atoms with Gasteiger partial charge in [0, 0.05) is 18.3 Å². The Hall–Kier alpha value is -1.55. The highest BCUT2D eigenvalue weighted by Gasteiger charge is 2.21. The van der Waals surface area contributed by atoms with Gasteiger partial charge in [-0.1, -0.05) is 6.07 Å². The molecule has 2 aliphatic rings. The molecule has 1 aliphatic carbocycles. The van der Waals surface area contributed by atoms with E-state index >= 15 is 0 Å². The van der Waals surface area contributed by atoms with Crippen molar-refractivity contribution in [2.45, 2.75) is 44.6 Å². The number of carbonyl (C=O) groups excluding carboxylic acids is 1. The molecule has 1 heterocycles. The van der Waals surface area contributed by atoms with Crippen molar-refractivity contribution in [1.82, 2.24) is 5.32 Å². The van der Waals surface area contributed by atoms with Gasteiger partial charge in [-0.15, -0.1) is 0 Å². The summed E-state index contributed by atoms with van der Waals surface area (Å²) < 4.78 is 5.98. The summed E-state index contributed by atoms with van der Waals surface area (Å²) in [5.41, 5.74) is 0.834. The summed E-state index contributed by atoms with van der Waals surface area (Å²) in [5.74, 6) is 1.06. The summed E-state index contributed by atoms with van der Waals surface area (Å²) in [6, 6.07) is 7.78. The molecule has 1 unspecified atom stereocenters. The molecule has 1 atom stereocenters. The van der Waals surface area contributed by atoms with Crippen molar-refractivity contribution in [3.8, 4) is 5.75 Å². The zero-order valence-corrected chi connectivity index (χ0v) is 12.4. The predicted octanol–water partition coefficient (Wildman–Crippen LogP) is 2.95. The first-order valence-electron chi connectivity index (χ1n) is 8.09. The second-order valence-corrected chi connectivity index (χ2v) is 6.08. The Labute approximate surface area is 126 Å². The van der Waals surface area contributed by atoms with E-state index in [2.05, 4.69) is 10.6 Å². The standard InChI is InChI=1S/C17H24N2O2/c20-17(13-5-4-10-18-12-13)19-14-6-3-9-16(11-14)21-15-7-1-2-8-15/h3,6,9,11,13,15,18H,1-2,4-5,7-8,10,12H2,(H,19,20). The topological polar surface area (TPSA) is 50.4 Å². The minimum atomic E-state index is 0.0816. The van der Waals surface area contributed by atoms with Crippen LogP contribution in [0, 0.1) is 5.92 Å². The number of amides is 1. The van der Waals surface area contributed by atoms with Crippen LogP contribution in [0.2, 0.25) is 0 Å². The molecule has 1 aliphatic heterocycles. The first-order chi connectivity index (χ1) is 10.3. The zero-order chi connectivity index (χ0) is 14.5. The van der Waals surface area contributed by atoms with Crippen molar-refractivity contribution in [2.24, 2.45) is 5.92 Å². The summed E-state index contributed by atoms with van der Waals surface area (Å²) in [4.78, 5) is 12.2. The highest BCUT2D eigenvalue weighted by atomic mass is 16.5. The number of nitrogens with one attached hydrogen (secondary N) is 2. The molecule has 1 saturated carbocycles. The normalized spacial score (nSPS) is 23.0. The van der Waals surface area contributed by atoms with Crippen LogP contribution in [-0.4, -0.2) is 25.1 Å². The monoisotopic (exact) mass is 288 g/mol. The van der Waals surface area contributed by atoms with Crippen LogP contribution in [0.4, 0.5) is 5.69 Å². The molecule has 1 aromatic rings. The lowest BCUT2D eigenvalue weighted by Crippen LogP contribution is -2.37. The Morgan fingerprint density at radius 3 is 2.81 bits per heavy atom. The van der Waals surface area contributed by atoms with Gasteiger partial charge in [-0.05, 0) is 57.2 Å². The average molecular weight is 288 g/mol. The second-order valence-electron chi connectivity index (χ2n) is 6.08. The number of rotatable bonds is 4. The van der Waals surface area contributed by atoms with Crippen molar-refractivity contribution < 1.29 is 9.53 Å². The Kier molecular flexibility index (Phi) is 4.76. The van der Waals surface area contributed by atoms with Gasteiger partial charge in [0.2, 0.25) is 5.91 Å². The molecule has 4 heteroatoms. The molecule has 2 N–H and O–H groups in total. The molecule has 0 spiro atoms. The summed E-state index contributed by atoms with van der Waals surface area (Å²) >= 11 is 0. The van der Waals surface area contributed by atoms with Gasteiger partial charge in [0.1, 0.15) is 5.75 Å². The maximum Gasteiger partial charge on any atom is 0.228 e. The third kappa shape index (κ3) is 3.97. The van der Waals surface area contributed by atoms with E-state index in [1.54, 1.807) is 0 Å². The molecule has 1 saturated heterocycles. The Balaban J connectivity index is 1.58. The molecule has 1 aromatic carbocycles. The van der Waals surface area contributed by atoms with E-state index < -0.39 is 0 Å². The summed E-state index contributed by atoms with van der Waals surface area (Å²) in [5, 5.41) is 6.29. The average Bonchev–Trinajstić information content (AvgIpc) is 3.01. The van der Waals surface area contributed by atoms with Crippen molar-refractivity contribution >= 4 is 11.6 Å². The number of piperidine rings is 1. The highest BCUT2D eigenvalue weighted by molar-refractivity contribution is 5.92. The summed E-state index contributed by atoms with van der Waals surface area (Å²) in [6.45, 7) is 1.80. The van der Waals surface area contributed by atoms with Crippen LogP contribution in [0.15, 0.2) is 24.3 Å². The predicted molar refractivity (Wildman–Crippen MR) is 83.5 cm³/mol. The van der Waals surface area contributed by atoms with Gasteiger partial charge >= 0.3 is 0 Å². The molecule has 21 heavy (non-hydrogen) atoms. The lowest BCUT2D eigenvalue weighted by molar-refractivity contribution is -0.120. The fourth-order valence-corrected chi connectivity index (χ4v) is 3.17. The molecule has 2 fully saturated rings. The molecule has 3 rings (SSSR count). The van der Waals surface area contributed by atoms with Crippen molar-refractivity contribution in [3.63, 3.8) is 0 Å². The molecular weight excluding hydrogens is 264 g/mol. The van der Waals surface area contributed by atoms with Crippen molar-refractivity contribution in [1.29, 1.82) is 0 Å². The molecule has 1 amide bonds. The van der Waals surface area contributed by atoms with E-state index in [0.717, 1.165) is 50.2 Å². The fourth-order valence-electron chi connectivity index (χ4n) is 3.17. The van der Waals surface area contributed by atoms with Crippen LogP contribution < -0.4 is 15.4 Å². The third-order valence-corrected chi connectivity index (χ3v) is 4.37. The Bertz CT molecular complexity index is 477. The van der Waals surface area contributed by atoms with E-state index in [4.69, 9.17) is 4.74 Å². The Morgan fingerprint density at radius 2 is 2.05 bits per heavy atom. The molecule has 114 valence electrons. The maximum absolute atomic E-state index is 12.2. The summed E-state index contributed by atoms with van der Waals surface area (Å²) in [6.07, 6.45) is 7.19. The molecule has 0 radical (unpaired) electrons. The van der Waals surface area contributed by atoms with E-state index in [-0.39, 0.29) is 11.8 Å². The lowest BCUT2D eigenvalue weighted by Gasteiger charge is -2.22. The number of carbonyl (C=O) groups is 1. The number of hydrogen-bond donors (Lipinski definition) is 2. The van der Waals surface area contributed by atoms with Gasteiger partial charge in [0.15, 0.2) is 0 Å². The second kappa shape index (κ2) is 6.94. The highest BCUT2D eigenvalue weighted by Crippen LogP contribution is 2.26. The van der Waals surface area contributed by atoms with Crippen LogP contribution in [0.3, 0.4) is 0 Å². The van der Waals surface area contributed by atoms with Crippen LogP contribution in [0.5, 0.6) is 5.75 Å². The minimum absolute atomic E-state index is 0.0816. The maximum atomic E-state index is 12.2. The largest absolute Gasteiger partial charge is 0.490 e. The van der Waals surface area contributed by atoms with Crippen molar-refractivity contribution in [3.05, 3.63) is 24.3 Å². The first-order valence-corrected chi connectivity index (χ1v) is 8.09. The van der Waals surface area contributed by atoms with Crippen LogP contribution in [0.25, 0.3) is 0 Å². The fraction of sp³-hybridized carbons (Fsp3) is 0.588. The molecule has 0 aromatic heterocycles. The van der Waals surface area contributed by atoms with E-state index in [1.165, 1.54) is 12.8 Å². The third-order valence-electron chi connectivity index (χ3n) is 4.37. The minimum Gasteiger partial charge on any atom is -0.490 e. The number of hydrogen-bond acceptors (Lipinski definition) is 3. The van der Waals surface area contributed by atoms with Gasteiger partial charge < -0.3 is 15.4 Å². The smallest absolute Gasteiger partial charge is 0.228 e. The van der Waals surface area contributed by atoms with E-state index in [0.29, 0.717) is 6.10 Å². The van der Waals surface area contributed by atoms with E-state index in [9.17, 15) is 4.79 Å². The SMILES string of the molecule is O=C(Nc1cccc(OC2CCCC2)c1)C1CCCNC1. The van der Waals surface area contributed by atoms with Crippen LogP contribution in [0.1, 0.15) is 38.5 Å². The molecular formula is C17H24N2O2. The number of benzene rings is 1. The molecule has 4 nitrogen and oxygen atoms in total. The Morgan fingerprint density at radius 1 is 1.19 bits per heavy atom. The summed E-state index contributed by atoms with van der Waals surface area (Å²) in [7, 11) is 0. The van der Waals surface area contributed by atoms with Gasteiger partial charge in [0.05, 0.1) is 12.0 Å². The zero-order valence-electron chi connectivity index (χ0n) is 12.4.